The third kappa shape index (κ3) is 3.69. The molecule has 0 amide bonds. The van der Waals surface area contributed by atoms with Crippen molar-refractivity contribution in [2.24, 2.45) is 0 Å². The Hall–Kier alpha value is -2.16. The molecular weight excluding hydrogens is 262 g/mol. The van der Waals surface area contributed by atoms with Crippen LogP contribution in [0.5, 0.6) is 11.5 Å². The number of aromatic hydroxyl groups is 1. The normalized spacial score (nSPS) is 11.2. The number of methoxy groups -OCH3 is 1. The van der Waals surface area contributed by atoms with E-state index in [1.807, 2.05) is 42.5 Å². The zero-order valence-electron chi connectivity index (χ0n) is 13.1. The molecule has 0 aliphatic carbocycles. The number of anilines is 1. The van der Waals surface area contributed by atoms with Gasteiger partial charge in [0.1, 0.15) is 11.5 Å². The highest BCUT2D eigenvalue weighted by molar-refractivity contribution is 5.49. The van der Waals surface area contributed by atoms with E-state index in [0.717, 1.165) is 22.6 Å². The Bertz CT molecular complexity index is 598. The number of hydrogen-bond donors (Lipinski definition) is 2. The molecular formula is C18H23NO2. The molecule has 0 atom stereocenters. The van der Waals surface area contributed by atoms with Crippen molar-refractivity contribution in [3.63, 3.8) is 0 Å². The Morgan fingerprint density at radius 2 is 1.71 bits per heavy atom. The van der Waals surface area contributed by atoms with Crippen LogP contribution in [0.2, 0.25) is 0 Å². The van der Waals surface area contributed by atoms with Gasteiger partial charge in [-0.05, 0) is 35.2 Å². The molecule has 112 valence electrons. The summed E-state index contributed by atoms with van der Waals surface area (Å²) < 4.78 is 5.14. The van der Waals surface area contributed by atoms with Gasteiger partial charge < -0.3 is 15.2 Å². The minimum absolute atomic E-state index is 0.0692. The Balaban J connectivity index is 2.13. The zero-order valence-corrected chi connectivity index (χ0v) is 13.1. The average Bonchev–Trinajstić information content (AvgIpc) is 2.45. The maximum atomic E-state index is 10.4. The topological polar surface area (TPSA) is 41.5 Å². The van der Waals surface area contributed by atoms with Gasteiger partial charge >= 0.3 is 0 Å². The fraction of sp³-hybridized carbons (Fsp3) is 0.333. The molecule has 3 nitrogen and oxygen atoms in total. The summed E-state index contributed by atoms with van der Waals surface area (Å²) in [5.74, 6) is 1.21. The van der Waals surface area contributed by atoms with E-state index < -0.39 is 0 Å². The number of para-hydroxylation sites is 1. The molecule has 2 N–H and O–H groups in total. The minimum Gasteiger partial charge on any atom is -0.507 e. The van der Waals surface area contributed by atoms with Crippen LogP contribution in [0.15, 0.2) is 42.5 Å². The highest BCUT2D eigenvalue weighted by Gasteiger charge is 2.19. The summed E-state index contributed by atoms with van der Waals surface area (Å²) in [5, 5.41) is 13.7. The fourth-order valence-electron chi connectivity index (χ4n) is 2.25. The Labute approximate surface area is 126 Å². The maximum absolute atomic E-state index is 10.4. The summed E-state index contributed by atoms with van der Waals surface area (Å²) in [6.45, 7) is 6.89. The monoisotopic (exact) mass is 285 g/mol. The van der Waals surface area contributed by atoms with E-state index in [2.05, 4.69) is 26.1 Å². The molecule has 2 aromatic carbocycles. The lowest BCUT2D eigenvalue weighted by Crippen LogP contribution is -2.12. The minimum atomic E-state index is -0.0692. The summed E-state index contributed by atoms with van der Waals surface area (Å²) in [5.41, 5.74) is 2.80. The molecule has 0 aromatic heterocycles. The fourth-order valence-corrected chi connectivity index (χ4v) is 2.25. The van der Waals surface area contributed by atoms with Crippen molar-refractivity contribution >= 4 is 5.69 Å². The molecule has 0 spiro atoms. The second-order valence-corrected chi connectivity index (χ2v) is 6.15. The predicted octanol–water partition coefficient (Wildman–Crippen LogP) is 4.31. The average molecular weight is 285 g/mol. The molecule has 21 heavy (non-hydrogen) atoms. The first-order chi connectivity index (χ1) is 9.91. The molecule has 2 aromatic rings. The van der Waals surface area contributed by atoms with E-state index in [0.29, 0.717) is 12.3 Å². The number of ether oxygens (including phenoxy) is 1. The summed E-state index contributed by atoms with van der Waals surface area (Å²) in [6.07, 6.45) is 0. The molecule has 2 rings (SSSR count). The van der Waals surface area contributed by atoms with Gasteiger partial charge in [0.05, 0.1) is 7.11 Å². The van der Waals surface area contributed by atoms with Crippen LogP contribution in [0.4, 0.5) is 5.69 Å². The largest absolute Gasteiger partial charge is 0.507 e. The van der Waals surface area contributed by atoms with Gasteiger partial charge in [-0.3, -0.25) is 0 Å². The molecule has 0 radical (unpaired) electrons. The Morgan fingerprint density at radius 3 is 2.29 bits per heavy atom. The summed E-state index contributed by atoms with van der Waals surface area (Å²) in [7, 11) is 1.65. The van der Waals surface area contributed by atoms with Crippen LogP contribution in [-0.2, 0) is 12.0 Å². The lowest BCUT2D eigenvalue weighted by Gasteiger charge is -2.22. The number of rotatable bonds is 4. The quantitative estimate of drug-likeness (QED) is 0.879. The molecule has 0 heterocycles. The number of phenols is 1. The maximum Gasteiger partial charge on any atom is 0.124 e. The van der Waals surface area contributed by atoms with Gasteiger partial charge in [0.2, 0.25) is 0 Å². The standard InChI is InChI=1S/C18H23NO2/c1-18(2,3)16-7-5-6-13(17(16)20)12-19-14-8-10-15(21-4)11-9-14/h5-11,19-20H,12H2,1-4H3. The number of nitrogens with one attached hydrogen (secondary N) is 1. The van der Waals surface area contributed by atoms with Crippen molar-refractivity contribution in [3.05, 3.63) is 53.6 Å². The number of hydrogen-bond acceptors (Lipinski definition) is 3. The Morgan fingerprint density at radius 1 is 1.05 bits per heavy atom. The van der Waals surface area contributed by atoms with E-state index in [1.54, 1.807) is 7.11 Å². The summed E-state index contributed by atoms with van der Waals surface area (Å²) in [6, 6.07) is 13.7. The van der Waals surface area contributed by atoms with Crippen LogP contribution in [0.25, 0.3) is 0 Å². The molecule has 0 aliphatic rings. The van der Waals surface area contributed by atoms with Gasteiger partial charge in [-0.25, -0.2) is 0 Å². The van der Waals surface area contributed by atoms with E-state index >= 15 is 0 Å². The van der Waals surface area contributed by atoms with E-state index in [9.17, 15) is 5.11 Å². The van der Waals surface area contributed by atoms with Crippen LogP contribution < -0.4 is 10.1 Å². The predicted molar refractivity (Wildman–Crippen MR) is 87.1 cm³/mol. The van der Waals surface area contributed by atoms with E-state index in [1.165, 1.54) is 0 Å². The second-order valence-electron chi connectivity index (χ2n) is 6.15. The van der Waals surface area contributed by atoms with Gasteiger partial charge in [-0.2, -0.15) is 0 Å². The van der Waals surface area contributed by atoms with Gasteiger partial charge in [0, 0.05) is 17.8 Å². The van der Waals surface area contributed by atoms with Gasteiger partial charge in [-0.1, -0.05) is 39.0 Å². The highest BCUT2D eigenvalue weighted by Crippen LogP contribution is 2.33. The lowest BCUT2D eigenvalue weighted by atomic mass is 9.85. The van der Waals surface area contributed by atoms with Crippen LogP contribution in [0, 0.1) is 0 Å². The van der Waals surface area contributed by atoms with E-state index in [4.69, 9.17) is 4.74 Å². The highest BCUT2D eigenvalue weighted by atomic mass is 16.5. The molecule has 0 fully saturated rings. The first kappa shape index (κ1) is 15.2. The summed E-state index contributed by atoms with van der Waals surface area (Å²) in [4.78, 5) is 0. The second kappa shape index (κ2) is 6.08. The van der Waals surface area contributed by atoms with Gasteiger partial charge in [0.25, 0.3) is 0 Å². The zero-order chi connectivity index (χ0) is 15.5. The van der Waals surface area contributed by atoms with Crippen LogP contribution in [0.3, 0.4) is 0 Å². The van der Waals surface area contributed by atoms with Crippen molar-refractivity contribution < 1.29 is 9.84 Å². The lowest BCUT2D eigenvalue weighted by molar-refractivity contribution is 0.415. The van der Waals surface area contributed by atoms with Crippen LogP contribution >= 0.6 is 0 Å². The first-order valence-corrected chi connectivity index (χ1v) is 7.11. The first-order valence-electron chi connectivity index (χ1n) is 7.11. The molecule has 0 bridgehead atoms. The van der Waals surface area contributed by atoms with Crippen molar-refractivity contribution in [2.45, 2.75) is 32.7 Å². The number of benzene rings is 2. The smallest absolute Gasteiger partial charge is 0.124 e. The van der Waals surface area contributed by atoms with E-state index in [-0.39, 0.29) is 5.41 Å². The molecule has 0 unspecified atom stereocenters. The van der Waals surface area contributed by atoms with Gasteiger partial charge in [0.15, 0.2) is 0 Å². The molecule has 0 aliphatic heterocycles. The summed E-state index contributed by atoms with van der Waals surface area (Å²) >= 11 is 0. The molecule has 3 heteroatoms. The number of phenolic OH excluding ortho intramolecular Hbond substituents is 1. The Kier molecular flexibility index (Phi) is 4.41. The van der Waals surface area contributed by atoms with Crippen molar-refractivity contribution in [1.82, 2.24) is 0 Å². The van der Waals surface area contributed by atoms with Crippen molar-refractivity contribution in [1.29, 1.82) is 0 Å². The third-order valence-electron chi connectivity index (χ3n) is 3.50. The molecule has 0 saturated heterocycles. The van der Waals surface area contributed by atoms with Crippen molar-refractivity contribution in [2.75, 3.05) is 12.4 Å². The third-order valence-corrected chi connectivity index (χ3v) is 3.50. The van der Waals surface area contributed by atoms with Gasteiger partial charge in [-0.15, -0.1) is 0 Å². The SMILES string of the molecule is COc1ccc(NCc2cccc(C(C)(C)C)c2O)cc1. The van der Waals surface area contributed by atoms with Crippen molar-refractivity contribution in [3.8, 4) is 11.5 Å². The van der Waals surface area contributed by atoms with Crippen LogP contribution in [-0.4, -0.2) is 12.2 Å². The molecule has 0 saturated carbocycles. The van der Waals surface area contributed by atoms with Crippen LogP contribution in [0.1, 0.15) is 31.9 Å².